The second kappa shape index (κ2) is 9.87. The topological polar surface area (TPSA) is 75.7 Å². The van der Waals surface area contributed by atoms with Crippen LogP contribution in [0.4, 0.5) is 5.69 Å². The Morgan fingerprint density at radius 3 is 2.37 bits per heavy atom. The van der Waals surface area contributed by atoms with Gasteiger partial charge in [-0.1, -0.05) is 11.6 Å². The summed E-state index contributed by atoms with van der Waals surface area (Å²) in [4.78, 5) is 12.9. The van der Waals surface area contributed by atoms with Crippen LogP contribution < -0.4 is 14.4 Å². The fourth-order valence-corrected chi connectivity index (χ4v) is 3.43. The zero-order valence-corrected chi connectivity index (χ0v) is 17.4. The Bertz CT molecular complexity index is 856. The lowest BCUT2D eigenvalue weighted by molar-refractivity contribution is -0.122. The molecule has 0 atom stereocenters. The van der Waals surface area contributed by atoms with Gasteiger partial charge < -0.3 is 10.1 Å². The Balaban J connectivity index is 1.70. The van der Waals surface area contributed by atoms with Gasteiger partial charge in [0.15, 0.2) is 6.61 Å². The Morgan fingerprint density at radius 1 is 1.15 bits per heavy atom. The van der Waals surface area contributed by atoms with E-state index in [0.717, 1.165) is 16.9 Å². The lowest BCUT2D eigenvalue weighted by Crippen LogP contribution is -2.30. The summed E-state index contributed by atoms with van der Waals surface area (Å²) in [6.45, 7) is 0.417. The Labute approximate surface area is 168 Å². The van der Waals surface area contributed by atoms with Crippen molar-refractivity contribution in [3.8, 4) is 5.75 Å². The highest BCUT2D eigenvalue weighted by Gasteiger charge is 2.11. The molecule has 0 aliphatic carbocycles. The quantitative estimate of drug-likeness (QED) is 0.490. The van der Waals surface area contributed by atoms with Crippen LogP contribution >= 0.6 is 23.4 Å². The highest BCUT2D eigenvalue weighted by Crippen LogP contribution is 2.21. The minimum atomic E-state index is -3.31. The molecule has 0 unspecified atom stereocenters. The van der Waals surface area contributed by atoms with Crippen LogP contribution in [0.2, 0.25) is 5.02 Å². The second-order valence-corrected chi connectivity index (χ2v) is 9.28. The minimum absolute atomic E-state index is 0.104. The first-order valence-corrected chi connectivity index (χ1v) is 11.3. The number of carbonyl (C=O) groups excluding carboxylic acids is 1. The number of halogens is 1. The largest absolute Gasteiger partial charge is 0.484 e. The number of carbonyl (C=O) groups is 1. The summed E-state index contributed by atoms with van der Waals surface area (Å²) >= 11 is 7.46. The van der Waals surface area contributed by atoms with Gasteiger partial charge in [0, 0.05) is 29.3 Å². The molecule has 0 saturated heterocycles. The monoisotopic (exact) mass is 428 g/mol. The fourth-order valence-electron chi connectivity index (χ4n) is 2.03. The van der Waals surface area contributed by atoms with Crippen molar-refractivity contribution in [2.45, 2.75) is 4.90 Å². The molecule has 0 fully saturated rings. The number of nitrogens with zero attached hydrogens (tertiary/aromatic N) is 1. The van der Waals surface area contributed by atoms with Gasteiger partial charge in [-0.15, -0.1) is 11.8 Å². The van der Waals surface area contributed by atoms with Crippen molar-refractivity contribution in [3.63, 3.8) is 0 Å². The van der Waals surface area contributed by atoms with E-state index in [0.29, 0.717) is 23.0 Å². The molecular weight excluding hydrogens is 408 g/mol. The number of sulfonamides is 1. The minimum Gasteiger partial charge on any atom is -0.484 e. The van der Waals surface area contributed by atoms with Gasteiger partial charge in [-0.3, -0.25) is 9.10 Å². The molecule has 0 saturated carbocycles. The van der Waals surface area contributed by atoms with E-state index in [2.05, 4.69) is 5.32 Å². The highest BCUT2D eigenvalue weighted by molar-refractivity contribution is 7.99. The molecule has 0 aromatic heterocycles. The van der Waals surface area contributed by atoms with Crippen molar-refractivity contribution in [1.82, 2.24) is 5.32 Å². The smallest absolute Gasteiger partial charge is 0.257 e. The first-order valence-electron chi connectivity index (χ1n) is 8.07. The third-order valence-corrected chi connectivity index (χ3v) is 6.05. The zero-order chi connectivity index (χ0) is 19.9. The number of anilines is 1. The van der Waals surface area contributed by atoms with Crippen molar-refractivity contribution < 1.29 is 17.9 Å². The first kappa shape index (κ1) is 21.4. The van der Waals surface area contributed by atoms with Gasteiger partial charge >= 0.3 is 0 Å². The normalized spacial score (nSPS) is 11.1. The number of thioether (sulfide) groups is 1. The predicted octanol–water partition coefficient (Wildman–Crippen LogP) is 3.02. The number of rotatable bonds is 9. The maximum absolute atomic E-state index is 11.8. The van der Waals surface area contributed by atoms with Gasteiger partial charge in [-0.25, -0.2) is 8.42 Å². The van der Waals surface area contributed by atoms with E-state index in [1.807, 2.05) is 24.3 Å². The summed E-state index contributed by atoms with van der Waals surface area (Å²) < 4.78 is 29.6. The van der Waals surface area contributed by atoms with Crippen LogP contribution in [0.25, 0.3) is 0 Å². The number of amides is 1. The molecule has 1 amide bonds. The van der Waals surface area contributed by atoms with Crippen LogP contribution in [0.15, 0.2) is 53.4 Å². The molecule has 0 heterocycles. The van der Waals surface area contributed by atoms with E-state index in [4.69, 9.17) is 16.3 Å². The molecule has 0 aliphatic rings. The van der Waals surface area contributed by atoms with Gasteiger partial charge in [0.05, 0.1) is 11.9 Å². The Morgan fingerprint density at radius 2 is 1.78 bits per heavy atom. The van der Waals surface area contributed by atoms with E-state index in [1.54, 1.807) is 36.0 Å². The molecule has 6 nitrogen and oxygen atoms in total. The summed E-state index contributed by atoms with van der Waals surface area (Å²) in [6, 6.07) is 14.0. The number of nitrogens with one attached hydrogen (secondary N) is 1. The van der Waals surface area contributed by atoms with Crippen LogP contribution in [-0.2, 0) is 14.8 Å². The highest BCUT2D eigenvalue weighted by atomic mass is 35.5. The van der Waals surface area contributed by atoms with E-state index in [1.165, 1.54) is 11.4 Å². The molecule has 2 rings (SSSR count). The lowest BCUT2D eigenvalue weighted by atomic mass is 10.3. The maximum atomic E-state index is 11.8. The second-order valence-electron chi connectivity index (χ2n) is 5.67. The van der Waals surface area contributed by atoms with Crippen LogP contribution in [0.5, 0.6) is 5.75 Å². The molecule has 2 aromatic rings. The molecule has 27 heavy (non-hydrogen) atoms. The summed E-state index contributed by atoms with van der Waals surface area (Å²) in [5.74, 6) is 1.01. The van der Waals surface area contributed by atoms with Crippen LogP contribution in [-0.4, -0.2) is 46.5 Å². The Hall–Kier alpha value is -1.90. The molecule has 0 spiro atoms. The zero-order valence-electron chi connectivity index (χ0n) is 15.0. The predicted molar refractivity (Wildman–Crippen MR) is 110 cm³/mol. The molecule has 1 N–H and O–H groups in total. The molecule has 146 valence electrons. The number of benzene rings is 2. The van der Waals surface area contributed by atoms with Crippen LogP contribution in [0.1, 0.15) is 0 Å². The number of ether oxygens (including phenoxy) is 1. The van der Waals surface area contributed by atoms with Crippen molar-refractivity contribution in [2.24, 2.45) is 0 Å². The first-order chi connectivity index (χ1) is 12.8. The summed E-state index contributed by atoms with van der Waals surface area (Å²) in [7, 11) is -1.84. The fraction of sp³-hybridized carbons (Fsp3) is 0.278. The molecule has 0 bridgehead atoms. The van der Waals surface area contributed by atoms with Crippen LogP contribution in [0.3, 0.4) is 0 Å². The van der Waals surface area contributed by atoms with Gasteiger partial charge in [0.2, 0.25) is 10.0 Å². The third-order valence-electron chi connectivity index (χ3n) is 3.57. The van der Waals surface area contributed by atoms with E-state index in [9.17, 15) is 13.2 Å². The number of hydrogen-bond donors (Lipinski definition) is 1. The SMILES string of the molecule is CN(c1ccc(OCC(=O)NCCSc2ccc(Cl)cc2)cc1)S(C)(=O)=O. The number of hydrogen-bond acceptors (Lipinski definition) is 5. The molecule has 2 aromatic carbocycles. The van der Waals surface area contributed by atoms with Crippen LogP contribution in [0, 0.1) is 0 Å². The maximum Gasteiger partial charge on any atom is 0.257 e. The molecule has 9 heteroatoms. The average molecular weight is 429 g/mol. The van der Waals surface area contributed by atoms with Gasteiger partial charge in [-0.2, -0.15) is 0 Å². The van der Waals surface area contributed by atoms with Crippen molar-refractivity contribution >= 4 is 45.0 Å². The summed E-state index contributed by atoms with van der Waals surface area (Å²) in [5, 5.41) is 3.48. The van der Waals surface area contributed by atoms with E-state index >= 15 is 0 Å². The average Bonchev–Trinajstić information content (AvgIpc) is 2.64. The van der Waals surface area contributed by atoms with Crippen molar-refractivity contribution in [2.75, 3.05) is 36.5 Å². The molecular formula is C18H21ClN2O4S2. The van der Waals surface area contributed by atoms with Crippen molar-refractivity contribution in [3.05, 3.63) is 53.6 Å². The van der Waals surface area contributed by atoms with E-state index < -0.39 is 10.0 Å². The van der Waals surface area contributed by atoms with Gasteiger partial charge in [-0.05, 0) is 48.5 Å². The third kappa shape index (κ3) is 7.32. The lowest BCUT2D eigenvalue weighted by Gasteiger charge is -2.16. The molecule has 0 aliphatic heterocycles. The van der Waals surface area contributed by atoms with E-state index in [-0.39, 0.29) is 12.5 Å². The summed E-state index contributed by atoms with van der Waals surface area (Å²) in [6.07, 6.45) is 1.13. The Kier molecular flexibility index (Phi) is 7.82. The van der Waals surface area contributed by atoms with Gasteiger partial charge in [0.25, 0.3) is 5.91 Å². The molecule has 0 radical (unpaired) electrons. The van der Waals surface area contributed by atoms with Gasteiger partial charge in [0.1, 0.15) is 5.75 Å². The standard InChI is InChI=1S/C18H21ClN2O4S2/c1-21(27(2,23)24)15-5-7-16(8-6-15)25-13-18(22)20-11-12-26-17-9-3-14(19)4-10-17/h3-10H,11-13H2,1-2H3,(H,20,22). The summed E-state index contributed by atoms with van der Waals surface area (Å²) in [5.41, 5.74) is 0.522. The van der Waals surface area contributed by atoms with Crippen molar-refractivity contribution in [1.29, 1.82) is 0 Å².